The van der Waals surface area contributed by atoms with Crippen LogP contribution in [0.15, 0.2) is 12.3 Å². The van der Waals surface area contributed by atoms with E-state index < -0.39 is 0 Å². The van der Waals surface area contributed by atoms with Gasteiger partial charge in [0.2, 0.25) is 0 Å². The van der Waals surface area contributed by atoms with E-state index in [0.717, 1.165) is 0 Å². The molecular weight excluding hydrogens is 107 g/mol. The average molecular weight is 112 g/mol. The molecule has 0 saturated heterocycles. The normalized spacial score (nSPS) is 9.43. The molecule has 0 saturated carbocycles. The van der Waals surface area contributed by atoms with Gasteiger partial charge in [-0.15, -0.1) is 0 Å². The first kappa shape index (κ1) is 6.74. The van der Waals surface area contributed by atoms with E-state index in [9.17, 15) is 4.79 Å². The van der Waals surface area contributed by atoms with Crippen LogP contribution in [0.2, 0.25) is 0 Å². The fourth-order valence-electron chi connectivity index (χ4n) is 0.135. The van der Waals surface area contributed by atoms with Gasteiger partial charge in [-0.25, -0.2) is 0 Å². The van der Waals surface area contributed by atoms with Gasteiger partial charge in [0.15, 0.2) is 5.78 Å². The molecule has 0 rings (SSSR count). The van der Waals surface area contributed by atoms with Crippen molar-refractivity contribution in [1.82, 2.24) is 0 Å². The number of hydrogen-bond donors (Lipinski definition) is 0. The van der Waals surface area contributed by atoms with Gasteiger partial charge < -0.3 is 3.79 Å². The third kappa shape index (κ3) is 5.74. The maximum absolute atomic E-state index is 10.0. The topological polar surface area (TPSA) is 26.3 Å². The zero-order chi connectivity index (χ0) is 5.70. The van der Waals surface area contributed by atoms with Crippen molar-refractivity contribution in [3.05, 3.63) is 12.3 Å². The van der Waals surface area contributed by atoms with Gasteiger partial charge in [-0.2, -0.15) is 0 Å². The molecule has 0 aliphatic carbocycles. The Labute approximate surface area is 50.9 Å². The average Bonchev–Trinajstić information content (AvgIpc) is 1.61. The second-order valence-corrected chi connectivity index (χ2v) is 1.32. The number of carbonyl (C=O) groups is 1. The lowest BCUT2D eigenvalue weighted by Crippen LogP contribution is -1.79. The maximum Gasteiger partial charge on any atom is 0.155 e. The van der Waals surface area contributed by atoms with Crippen LogP contribution < -0.4 is 0 Å². The summed E-state index contributed by atoms with van der Waals surface area (Å²) in [5.41, 5.74) is 0. The van der Waals surface area contributed by atoms with Crippen LogP contribution in [-0.4, -0.2) is 22.4 Å². The molecule has 0 fully saturated rings. The standard InChI is InChI=1S/C4H6O2.Al/c1-4(6)2-3-5;/h2-3,5H,1H3;/p-1/b3-2-;. The summed E-state index contributed by atoms with van der Waals surface area (Å²) in [5, 5.41) is 0. The van der Waals surface area contributed by atoms with Crippen molar-refractivity contribution in [3.8, 4) is 0 Å². The Kier molecular flexibility index (Phi) is 3.77. The van der Waals surface area contributed by atoms with Gasteiger partial charge in [-0.05, 0) is 6.92 Å². The predicted molar refractivity (Wildman–Crippen MR) is 26.7 cm³/mol. The third-order valence-corrected chi connectivity index (χ3v) is 0.538. The summed E-state index contributed by atoms with van der Waals surface area (Å²) < 4.78 is 4.37. The molecule has 7 heavy (non-hydrogen) atoms. The van der Waals surface area contributed by atoms with E-state index in [2.05, 4.69) is 3.79 Å². The maximum atomic E-state index is 10.0. The monoisotopic (exact) mass is 112 g/mol. The van der Waals surface area contributed by atoms with Crippen molar-refractivity contribution < 1.29 is 8.58 Å². The summed E-state index contributed by atoms with van der Waals surface area (Å²) in [6.45, 7) is 1.46. The Morgan fingerprint density at radius 2 is 2.43 bits per heavy atom. The first-order chi connectivity index (χ1) is 3.27. The highest BCUT2D eigenvalue weighted by molar-refractivity contribution is 5.98. The van der Waals surface area contributed by atoms with Gasteiger partial charge in [0, 0.05) is 12.3 Å². The Bertz CT molecular complexity index is 87.7. The van der Waals surface area contributed by atoms with Crippen molar-refractivity contribution in [1.29, 1.82) is 0 Å². The Morgan fingerprint density at radius 3 is 2.57 bits per heavy atom. The molecule has 37 valence electrons. The van der Waals surface area contributed by atoms with Crippen molar-refractivity contribution in [2.75, 3.05) is 0 Å². The summed E-state index contributed by atoms with van der Waals surface area (Å²) in [6.07, 6.45) is 2.65. The molecule has 0 atom stereocenters. The van der Waals surface area contributed by atoms with Crippen molar-refractivity contribution in [2.45, 2.75) is 6.92 Å². The number of carbonyl (C=O) groups excluding carboxylic acids is 1. The number of hydrogen-bond acceptors (Lipinski definition) is 2. The molecule has 0 aromatic rings. The third-order valence-electron chi connectivity index (χ3n) is 0.381. The van der Waals surface area contributed by atoms with E-state index >= 15 is 0 Å². The lowest BCUT2D eigenvalue weighted by atomic mass is 10.4. The lowest BCUT2D eigenvalue weighted by molar-refractivity contribution is -0.112. The first-order valence-corrected chi connectivity index (χ1v) is 2.27. The van der Waals surface area contributed by atoms with Gasteiger partial charge in [0.1, 0.15) is 0 Å². The Morgan fingerprint density at radius 1 is 1.86 bits per heavy atom. The largest absolute Gasteiger partial charge is 0.883 e. The molecule has 0 aromatic carbocycles. The van der Waals surface area contributed by atoms with Crippen LogP contribution in [0.1, 0.15) is 6.92 Å². The fraction of sp³-hybridized carbons (Fsp3) is 0.250. The molecule has 0 aliphatic rings. The molecular formula is C4H5AlO2-. The molecule has 2 nitrogen and oxygen atoms in total. The van der Waals surface area contributed by atoms with Crippen molar-refractivity contribution >= 4 is 22.4 Å². The number of allylic oxidation sites excluding steroid dienone is 1. The zero-order valence-corrected chi connectivity index (χ0v) is 5.20. The molecule has 3 radical (unpaired) electrons. The second-order valence-electron chi connectivity index (χ2n) is 1.05. The highest BCUT2D eigenvalue weighted by atomic mass is 27.1. The van der Waals surface area contributed by atoms with Crippen LogP contribution in [-0.2, 0) is 8.58 Å². The van der Waals surface area contributed by atoms with E-state index in [0.29, 0.717) is 0 Å². The lowest BCUT2D eigenvalue weighted by Gasteiger charge is -2.04. The van der Waals surface area contributed by atoms with Gasteiger partial charge in [0.05, 0.1) is 0 Å². The van der Waals surface area contributed by atoms with E-state index in [-0.39, 0.29) is 5.78 Å². The summed E-state index contributed by atoms with van der Waals surface area (Å²) in [7, 11) is 0. The van der Waals surface area contributed by atoms with Crippen LogP contribution in [0.4, 0.5) is 0 Å². The minimum Gasteiger partial charge on any atom is -0.883 e. The van der Waals surface area contributed by atoms with E-state index in [1.54, 1.807) is 0 Å². The predicted octanol–water partition coefficient (Wildman–Crippen LogP) is 0.189. The smallest absolute Gasteiger partial charge is 0.155 e. The zero-order valence-electron chi connectivity index (χ0n) is 4.05. The summed E-state index contributed by atoms with van der Waals surface area (Å²) in [4.78, 5) is 10.0. The van der Waals surface area contributed by atoms with Gasteiger partial charge in [0.25, 0.3) is 0 Å². The second kappa shape index (κ2) is 3.92. The summed E-state index contributed by atoms with van der Waals surface area (Å²) >= 11 is 2.01. The summed E-state index contributed by atoms with van der Waals surface area (Å²) in [6, 6.07) is 0. The summed E-state index contributed by atoms with van der Waals surface area (Å²) in [5.74, 6) is -0.0116. The highest BCUT2D eigenvalue weighted by Crippen LogP contribution is 1.71. The minimum absolute atomic E-state index is 0.0116. The Balaban J connectivity index is 3.26. The molecule has 0 bridgehead atoms. The highest BCUT2D eigenvalue weighted by Gasteiger charge is 1.74. The van der Waals surface area contributed by atoms with Crippen molar-refractivity contribution in [3.63, 3.8) is 0 Å². The van der Waals surface area contributed by atoms with Gasteiger partial charge >= 0.3 is 0 Å². The molecule has 0 aliphatic heterocycles. The molecule has 0 aromatic heterocycles. The molecule has 0 N–H and O–H groups in total. The molecule has 0 spiro atoms. The SMILES string of the molecule is CC(=O)/C=C\[O][Al-]. The molecule has 3 heteroatoms. The van der Waals surface area contributed by atoms with Crippen LogP contribution >= 0.6 is 0 Å². The van der Waals surface area contributed by atoms with Crippen LogP contribution in [0.25, 0.3) is 0 Å². The van der Waals surface area contributed by atoms with Crippen molar-refractivity contribution in [2.24, 2.45) is 0 Å². The van der Waals surface area contributed by atoms with Gasteiger partial charge in [-0.1, -0.05) is 0 Å². The molecule has 0 amide bonds. The van der Waals surface area contributed by atoms with Crippen LogP contribution in [0.5, 0.6) is 0 Å². The fourth-order valence-corrected chi connectivity index (χ4v) is 0.214. The Hall–Kier alpha value is -0.258. The first-order valence-electron chi connectivity index (χ1n) is 1.80. The molecule has 0 heterocycles. The van der Waals surface area contributed by atoms with E-state index in [4.69, 9.17) is 0 Å². The minimum atomic E-state index is -0.0116. The molecule has 0 unspecified atom stereocenters. The quantitative estimate of drug-likeness (QED) is 0.289. The number of ketones is 1. The van der Waals surface area contributed by atoms with E-state index in [1.807, 2.05) is 16.6 Å². The van der Waals surface area contributed by atoms with Crippen LogP contribution in [0.3, 0.4) is 0 Å². The van der Waals surface area contributed by atoms with E-state index in [1.165, 1.54) is 19.3 Å². The number of rotatable bonds is 2. The van der Waals surface area contributed by atoms with Gasteiger partial charge in [-0.3, -0.25) is 21.4 Å². The van der Waals surface area contributed by atoms with Crippen LogP contribution in [0, 0.1) is 0 Å².